The van der Waals surface area contributed by atoms with Crippen molar-refractivity contribution in [3.63, 3.8) is 0 Å². The number of thioether (sulfide) groups is 1. The molecule has 0 saturated carbocycles. The SMILES string of the molecule is CCNC(=NCc1cccs1)NCCCCSC.I. The van der Waals surface area contributed by atoms with E-state index in [-0.39, 0.29) is 24.0 Å². The Morgan fingerprint density at radius 1 is 1.37 bits per heavy atom. The third-order valence-electron chi connectivity index (χ3n) is 2.39. The van der Waals surface area contributed by atoms with Crippen LogP contribution in [0.25, 0.3) is 0 Å². The second-order valence-electron chi connectivity index (χ2n) is 3.90. The summed E-state index contributed by atoms with van der Waals surface area (Å²) in [6, 6.07) is 4.19. The highest BCUT2D eigenvalue weighted by Gasteiger charge is 1.97. The quantitative estimate of drug-likeness (QED) is 0.296. The van der Waals surface area contributed by atoms with E-state index in [2.05, 4.69) is 46.3 Å². The van der Waals surface area contributed by atoms with Gasteiger partial charge in [0.1, 0.15) is 0 Å². The number of nitrogens with zero attached hydrogens (tertiary/aromatic N) is 1. The highest BCUT2D eigenvalue weighted by atomic mass is 127. The van der Waals surface area contributed by atoms with E-state index >= 15 is 0 Å². The summed E-state index contributed by atoms with van der Waals surface area (Å²) in [4.78, 5) is 5.87. The molecule has 0 aliphatic heterocycles. The van der Waals surface area contributed by atoms with Crippen molar-refractivity contribution in [2.24, 2.45) is 4.99 Å². The monoisotopic (exact) mass is 413 g/mol. The molecule has 0 amide bonds. The molecular formula is C13H24IN3S2. The Labute approximate surface area is 142 Å². The first-order chi connectivity index (χ1) is 8.86. The third kappa shape index (κ3) is 9.56. The van der Waals surface area contributed by atoms with Gasteiger partial charge in [-0.15, -0.1) is 35.3 Å². The van der Waals surface area contributed by atoms with Gasteiger partial charge in [0.15, 0.2) is 5.96 Å². The Morgan fingerprint density at radius 3 is 2.84 bits per heavy atom. The van der Waals surface area contributed by atoms with Crippen LogP contribution in [0.1, 0.15) is 24.6 Å². The number of hydrogen-bond donors (Lipinski definition) is 2. The number of nitrogens with one attached hydrogen (secondary N) is 2. The first-order valence-corrected chi connectivity index (χ1v) is 8.67. The molecule has 0 atom stereocenters. The minimum absolute atomic E-state index is 0. The molecule has 0 aliphatic carbocycles. The molecule has 0 aliphatic rings. The van der Waals surface area contributed by atoms with Crippen LogP contribution in [0, 0.1) is 0 Å². The van der Waals surface area contributed by atoms with Gasteiger partial charge in [0, 0.05) is 18.0 Å². The van der Waals surface area contributed by atoms with Crippen LogP contribution in [0.3, 0.4) is 0 Å². The zero-order valence-electron chi connectivity index (χ0n) is 11.6. The number of halogens is 1. The topological polar surface area (TPSA) is 36.4 Å². The van der Waals surface area contributed by atoms with Crippen LogP contribution in [0.4, 0.5) is 0 Å². The molecule has 0 saturated heterocycles. The van der Waals surface area contributed by atoms with Gasteiger partial charge in [-0.05, 0) is 43.2 Å². The normalized spacial score (nSPS) is 10.9. The molecule has 0 radical (unpaired) electrons. The summed E-state index contributed by atoms with van der Waals surface area (Å²) in [5.74, 6) is 2.17. The lowest BCUT2D eigenvalue weighted by atomic mass is 10.3. The molecule has 1 heterocycles. The van der Waals surface area contributed by atoms with Crippen molar-refractivity contribution in [3.8, 4) is 0 Å². The molecule has 0 fully saturated rings. The number of unbranched alkanes of at least 4 members (excludes halogenated alkanes) is 1. The molecule has 1 aromatic heterocycles. The molecule has 110 valence electrons. The van der Waals surface area contributed by atoms with Crippen LogP contribution < -0.4 is 10.6 Å². The zero-order valence-corrected chi connectivity index (χ0v) is 15.6. The molecule has 19 heavy (non-hydrogen) atoms. The Hall–Kier alpha value is 0.0500. The van der Waals surface area contributed by atoms with Gasteiger partial charge in [0.2, 0.25) is 0 Å². The molecule has 0 unspecified atom stereocenters. The number of guanidine groups is 1. The fourth-order valence-electron chi connectivity index (χ4n) is 1.48. The van der Waals surface area contributed by atoms with Gasteiger partial charge in [-0.25, -0.2) is 4.99 Å². The average Bonchev–Trinajstić information content (AvgIpc) is 2.88. The van der Waals surface area contributed by atoms with Crippen molar-refractivity contribution in [2.75, 3.05) is 25.1 Å². The van der Waals surface area contributed by atoms with Crippen molar-refractivity contribution < 1.29 is 0 Å². The van der Waals surface area contributed by atoms with Crippen molar-refractivity contribution in [2.45, 2.75) is 26.3 Å². The minimum atomic E-state index is 0. The Balaban J connectivity index is 0.00000324. The molecule has 2 N–H and O–H groups in total. The standard InChI is InChI=1S/C13H23N3S2.HI/c1-3-14-13(15-8-4-5-9-17-2)16-11-12-7-6-10-18-12;/h6-7,10H,3-5,8-9,11H2,1-2H3,(H2,14,15,16);1H. The summed E-state index contributed by atoms with van der Waals surface area (Å²) >= 11 is 3.66. The van der Waals surface area contributed by atoms with Gasteiger partial charge in [-0.2, -0.15) is 11.8 Å². The maximum atomic E-state index is 4.57. The lowest BCUT2D eigenvalue weighted by Gasteiger charge is -2.10. The van der Waals surface area contributed by atoms with Crippen LogP contribution in [0.15, 0.2) is 22.5 Å². The summed E-state index contributed by atoms with van der Waals surface area (Å²) in [7, 11) is 0. The number of thiophene rings is 1. The number of hydrogen-bond acceptors (Lipinski definition) is 3. The van der Waals surface area contributed by atoms with E-state index in [1.54, 1.807) is 11.3 Å². The second-order valence-corrected chi connectivity index (χ2v) is 5.92. The third-order valence-corrected chi connectivity index (χ3v) is 3.94. The van der Waals surface area contributed by atoms with E-state index < -0.39 is 0 Å². The van der Waals surface area contributed by atoms with Crippen LogP contribution >= 0.6 is 47.1 Å². The molecule has 0 spiro atoms. The predicted molar refractivity (Wildman–Crippen MR) is 100 cm³/mol. The Kier molecular flexibility index (Phi) is 13.1. The van der Waals surface area contributed by atoms with Crippen molar-refractivity contribution >= 4 is 53.0 Å². The van der Waals surface area contributed by atoms with Gasteiger partial charge in [-0.3, -0.25) is 0 Å². The molecular weight excluding hydrogens is 389 g/mol. The molecule has 1 aromatic rings. The number of rotatable bonds is 8. The maximum Gasteiger partial charge on any atom is 0.191 e. The average molecular weight is 413 g/mol. The fourth-order valence-corrected chi connectivity index (χ4v) is 2.60. The number of aliphatic imine (C=N–C) groups is 1. The summed E-state index contributed by atoms with van der Waals surface area (Å²) in [5.41, 5.74) is 0. The summed E-state index contributed by atoms with van der Waals surface area (Å²) in [6.07, 6.45) is 4.61. The lowest BCUT2D eigenvalue weighted by molar-refractivity contribution is 0.735. The summed E-state index contributed by atoms with van der Waals surface area (Å²) in [6.45, 7) is 4.76. The molecule has 6 heteroatoms. The van der Waals surface area contributed by atoms with Crippen LogP contribution in [-0.4, -0.2) is 31.1 Å². The first-order valence-electron chi connectivity index (χ1n) is 6.40. The van der Waals surface area contributed by atoms with Gasteiger partial charge in [-0.1, -0.05) is 6.07 Å². The van der Waals surface area contributed by atoms with Crippen molar-refractivity contribution in [1.29, 1.82) is 0 Å². The van der Waals surface area contributed by atoms with Gasteiger partial charge in [0.25, 0.3) is 0 Å². The largest absolute Gasteiger partial charge is 0.357 e. The van der Waals surface area contributed by atoms with Crippen molar-refractivity contribution in [1.82, 2.24) is 10.6 Å². The second kappa shape index (κ2) is 13.1. The first kappa shape index (κ1) is 19.1. The maximum absolute atomic E-state index is 4.57. The fraction of sp³-hybridized carbons (Fsp3) is 0.615. The molecule has 0 bridgehead atoms. The smallest absolute Gasteiger partial charge is 0.191 e. The molecule has 3 nitrogen and oxygen atoms in total. The van der Waals surface area contributed by atoms with Crippen LogP contribution in [-0.2, 0) is 6.54 Å². The van der Waals surface area contributed by atoms with E-state index in [1.165, 1.54) is 23.5 Å². The molecule has 1 rings (SSSR count). The van der Waals surface area contributed by atoms with E-state index in [4.69, 9.17) is 0 Å². The zero-order chi connectivity index (χ0) is 13.1. The van der Waals surface area contributed by atoms with E-state index in [1.807, 2.05) is 11.8 Å². The van der Waals surface area contributed by atoms with Gasteiger partial charge < -0.3 is 10.6 Å². The molecule has 0 aromatic carbocycles. The summed E-state index contributed by atoms with van der Waals surface area (Å²) < 4.78 is 0. The Morgan fingerprint density at radius 2 is 2.21 bits per heavy atom. The highest BCUT2D eigenvalue weighted by Crippen LogP contribution is 2.09. The highest BCUT2D eigenvalue weighted by molar-refractivity contribution is 14.0. The van der Waals surface area contributed by atoms with E-state index in [0.717, 1.165) is 25.6 Å². The minimum Gasteiger partial charge on any atom is -0.357 e. The summed E-state index contributed by atoms with van der Waals surface area (Å²) in [5, 5.41) is 8.74. The van der Waals surface area contributed by atoms with E-state index in [0.29, 0.717) is 0 Å². The van der Waals surface area contributed by atoms with Crippen molar-refractivity contribution in [3.05, 3.63) is 22.4 Å². The van der Waals surface area contributed by atoms with Gasteiger partial charge in [0.05, 0.1) is 6.54 Å². The van der Waals surface area contributed by atoms with Crippen LogP contribution in [0.2, 0.25) is 0 Å². The Bertz CT molecular complexity index is 329. The van der Waals surface area contributed by atoms with Gasteiger partial charge >= 0.3 is 0 Å². The lowest BCUT2D eigenvalue weighted by Crippen LogP contribution is -2.37. The van der Waals surface area contributed by atoms with Crippen LogP contribution in [0.5, 0.6) is 0 Å². The van der Waals surface area contributed by atoms with E-state index in [9.17, 15) is 0 Å². The predicted octanol–water partition coefficient (Wildman–Crippen LogP) is 3.56.